The molecule has 0 unspecified atom stereocenters. The first-order valence-corrected chi connectivity index (χ1v) is 11.9. The Morgan fingerprint density at radius 2 is 1.85 bits per heavy atom. The van der Waals surface area contributed by atoms with Crippen LogP contribution in [0.25, 0.3) is 11.1 Å². The molecule has 0 saturated heterocycles. The SMILES string of the molecule is COc1ccc(Cl)cc1N(C)C(=O)c1cc(-c2cnc(C(F)(F)F)cc2C#N)c(Cl)cc1OCCCC(=O)O. The van der Waals surface area contributed by atoms with Gasteiger partial charge in [-0.15, -0.1) is 0 Å². The fourth-order valence-electron chi connectivity index (χ4n) is 3.59. The highest BCUT2D eigenvalue weighted by atomic mass is 35.5. The van der Waals surface area contributed by atoms with E-state index in [-0.39, 0.29) is 52.5 Å². The summed E-state index contributed by atoms with van der Waals surface area (Å²) in [5.74, 6) is -1.35. The first-order valence-electron chi connectivity index (χ1n) is 11.1. The predicted octanol–water partition coefficient (Wildman–Crippen LogP) is 6.47. The molecule has 1 N–H and O–H groups in total. The maximum Gasteiger partial charge on any atom is 0.433 e. The molecule has 1 aromatic heterocycles. The number of carbonyl (C=O) groups excluding carboxylic acids is 1. The number of amides is 1. The number of nitriles is 1. The van der Waals surface area contributed by atoms with Crippen molar-refractivity contribution in [3.05, 3.63) is 69.5 Å². The molecule has 0 aliphatic carbocycles. The lowest BCUT2D eigenvalue weighted by Gasteiger charge is -2.22. The highest BCUT2D eigenvalue weighted by molar-refractivity contribution is 6.34. The van der Waals surface area contributed by atoms with Crippen LogP contribution in [0.3, 0.4) is 0 Å². The molecular weight excluding hydrogens is 562 g/mol. The number of carboxylic acid groups (broad SMARTS) is 1. The maximum atomic E-state index is 13.7. The monoisotopic (exact) mass is 581 g/mol. The molecule has 3 aromatic rings. The van der Waals surface area contributed by atoms with E-state index in [9.17, 15) is 28.0 Å². The standard InChI is InChI=1S/C26H20Cl2F3N3O5/c1-34(20-9-15(27)5-6-21(20)38-2)25(37)17-10-16(19(28)11-22(17)39-7-3-4-24(35)36)18-13-33-23(26(29,30)31)8-14(18)12-32/h5-6,8-11,13H,3-4,7H2,1-2H3,(H,35,36). The minimum Gasteiger partial charge on any atom is -0.495 e. The number of pyridine rings is 1. The molecule has 2 aromatic carbocycles. The minimum atomic E-state index is -4.78. The summed E-state index contributed by atoms with van der Waals surface area (Å²) in [5, 5.41) is 18.7. The van der Waals surface area contributed by atoms with E-state index >= 15 is 0 Å². The van der Waals surface area contributed by atoms with E-state index in [0.29, 0.717) is 22.5 Å². The van der Waals surface area contributed by atoms with Gasteiger partial charge in [-0.25, -0.2) is 0 Å². The fourth-order valence-corrected chi connectivity index (χ4v) is 4.01. The Morgan fingerprint density at radius 3 is 2.46 bits per heavy atom. The number of ether oxygens (including phenoxy) is 2. The maximum absolute atomic E-state index is 13.7. The highest BCUT2D eigenvalue weighted by Crippen LogP contribution is 2.39. The van der Waals surface area contributed by atoms with Crippen molar-refractivity contribution >= 4 is 40.8 Å². The second kappa shape index (κ2) is 12.2. The van der Waals surface area contributed by atoms with Crippen LogP contribution in [0.15, 0.2) is 42.6 Å². The number of carboxylic acids is 1. The Bertz CT molecular complexity index is 1460. The van der Waals surface area contributed by atoms with Crippen LogP contribution in [0.1, 0.15) is 34.5 Å². The lowest BCUT2D eigenvalue weighted by atomic mass is 9.98. The van der Waals surface area contributed by atoms with E-state index in [0.717, 1.165) is 6.20 Å². The molecule has 0 aliphatic rings. The molecule has 1 heterocycles. The van der Waals surface area contributed by atoms with Gasteiger partial charge in [0.25, 0.3) is 5.91 Å². The lowest BCUT2D eigenvalue weighted by molar-refractivity contribution is -0.141. The molecule has 13 heteroatoms. The van der Waals surface area contributed by atoms with Crippen molar-refractivity contribution in [3.8, 4) is 28.7 Å². The van der Waals surface area contributed by atoms with Gasteiger partial charge in [0.15, 0.2) is 0 Å². The van der Waals surface area contributed by atoms with Crippen molar-refractivity contribution in [2.24, 2.45) is 0 Å². The number of methoxy groups -OCH3 is 1. The molecule has 1 amide bonds. The molecular formula is C26H20Cl2F3N3O5. The van der Waals surface area contributed by atoms with Crippen molar-refractivity contribution in [3.63, 3.8) is 0 Å². The summed E-state index contributed by atoms with van der Waals surface area (Å²) in [6.45, 7) is -0.0717. The number of rotatable bonds is 9. The average Bonchev–Trinajstić information content (AvgIpc) is 2.89. The summed E-state index contributed by atoms with van der Waals surface area (Å²) in [6.07, 6.45) is -3.98. The number of hydrogen-bond acceptors (Lipinski definition) is 6. The van der Waals surface area contributed by atoms with Gasteiger partial charge >= 0.3 is 12.1 Å². The zero-order valence-electron chi connectivity index (χ0n) is 20.5. The van der Waals surface area contributed by atoms with E-state index in [1.54, 1.807) is 18.2 Å². The van der Waals surface area contributed by atoms with Gasteiger partial charge in [-0.05, 0) is 36.8 Å². The predicted molar refractivity (Wildman–Crippen MR) is 138 cm³/mol. The van der Waals surface area contributed by atoms with Crippen molar-refractivity contribution in [2.75, 3.05) is 25.7 Å². The van der Waals surface area contributed by atoms with Gasteiger partial charge in [-0.3, -0.25) is 14.6 Å². The molecule has 0 atom stereocenters. The number of carbonyl (C=O) groups is 2. The molecule has 0 radical (unpaired) electrons. The van der Waals surface area contributed by atoms with Crippen LogP contribution < -0.4 is 14.4 Å². The zero-order chi connectivity index (χ0) is 28.9. The molecule has 39 heavy (non-hydrogen) atoms. The Labute approximate surface area is 231 Å². The Morgan fingerprint density at radius 1 is 1.13 bits per heavy atom. The summed E-state index contributed by atoms with van der Waals surface area (Å²) in [5.41, 5.74) is -1.37. The van der Waals surface area contributed by atoms with Crippen LogP contribution in [0, 0.1) is 11.3 Å². The fraction of sp³-hybridized carbons (Fsp3) is 0.231. The van der Waals surface area contributed by atoms with Crippen LogP contribution in [0.4, 0.5) is 18.9 Å². The topological polar surface area (TPSA) is 113 Å². The van der Waals surface area contributed by atoms with Crippen LogP contribution in [0.2, 0.25) is 10.0 Å². The van der Waals surface area contributed by atoms with Gasteiger partial charge in [0.1, 0.15) is 17.2 Å². The summed E-state index contributed by atoms with van der Waals surface area (Å²) >= 11 is 12.5. The number of hydrogen-bond donors (Lipinski definition) is 1. The number of alkyl halides is 3. The van der Waals surface area contributed by atoms with Gasteiger partial charge in [0.05, 0.1) is 41.6 Å². The number of nitrogens with zero attached hydrogens (tertiary/aromatic N) is 3. The van der Waals surface area contributed by atoms with E-state index in [4.69, 9.17) is 37.8 Å². The Hall–Kier alpha value is -4.01. The van der Waals surface area contributed by atoms with Gasteiger partial charge in [0.2, 0.25) is 0 Å². The second-order valence-electron chi connectivity index (χ2n) is 8.08. The summed E-state index contributed by atoms with van der Waals surface area (Å²) in [4.78, 5) is 29.2. The minimum absolute atomic E-state index is 0.00892. The molecule has 0 bridgehead atoms. The van der Waals surface area contributed by atoms with Gasteiger partial charge < -0.3 is 19.5 Å². The third-order valence-electron chi connectivity index (χ3n) is 5.50. The van der Waals surface area contributed by atoms with Crippen LogP contribution in [0.5, 0.6) is 11.5 Å². The number of benzene rings is 2. The van der Waals surface area contributed by atoms with E-state index < -0.39 is 23.7 Å². The third kappa shape index (κ3) is 6.90. The summed E-state index contributed by atoms with van der Waals surface area (Å²) in [6, 6.07) is 9.47. The smallest absolute Gasteiger partial charge is 0.433 e. The first kappa shape index (κ1) is 29.5. The quantitative estimate of drug-likeness (QED) is 0.288. The number of aromatic nitrogens is 1. The number of anilines is 1. The van der Waals surface area contributed by atoms with Crippen molar-refractivity contribution < 1.29 is 37.3 Å². The molecule has 204 valence electrons. The van der Waals surface area contributed by atoms with Crippen LogP contribution in [-0.2, 0) is 11.0 Å². The molecule has 0 aliphatic heterocycles. The highest BCUT2D eigenvalue weighted by Gasteiger charge is 2.33. The number of aliphatic carboxylic acids is 1. The Balaban J connectivity index is 2.15. The summed E-state index contributed by atoms with van der Waals surface area (Å²) < 4.78 is 50.5. The van der Waals surface area contributed by atoms with Gasteiger partial charge in [-0.2, -0.15) is 18.4 Å². The van der Waals surface area contributed by atoms with Crippen LogP contribution in [-0.4, -0.2) is 42.7 Å². The van der Waals surface area contributed by atoms with E-state index in [1.807, 2.05) is 0 Å². The van der Waals surface area contributed by atoms with E-state index in [2.05, 4.69) is 4.98 Å². The normalized spacial score (nSPS) is 11.0. The number of halogens is 5. The summed E-state index contributed by atoms with van der Waals surface area (Å²) in [7, 11) is 2.85. The Kier molecular flexibility index (Phi) is 9.27. The van der Waals surface area contributed by atoms with Gasteiger partial charge in [0, 0.05) is 41.9 Å². The molecule has 8 nitrogen and oxygen atoms in total. The molecule has 0 spiro atoms. The van der Waals surface area contributed by atoms with Gasteiger partial charge in [-0.1, -0.05) is 23.2 Å². The molecule has 3 rings (SSSR count). The second-order valence-corrected chi connectivity index (χ2v) is 8.92. The lowest BCUT2D eigenvalue weighted by Crippen LogP contribution is -2.27. The third-order valence-corrected chi connectivity index (χ3v) is 6.05. The largest absolute Gasteiger partial charge is 0.495 e. The van der Waals surface area contributed by atoms with Crippen molar-refractivity contribution in [1.82, 2.24) is 4.98 Å². The zero-order valence-corrected chi connectivity index (χ0v) is 22.0. The van der Waals surface area contributed by atoms with E-state index in [1.165, 1.54) is 37.3 Å². The van der Waals surface area contributed by atoms with Crippen molar-refractivity contribution in [2.45, 2.75) is 19.0 Å². The molecule has 0 fully saturated rings. The average molecular weight is 582 g/mol. The van der Waals surface area contributed by atoms with Crippen molar-refractivity contribution in [1.29, 1.82) is 5.26 Å². The first-order chi connectivity index (χ1) is 18.4. The molecule has 0 saturated carbocycles. The van der Waals surface area contributed by atoms with Crippen LogP contribution >= 0.6 is 23.2 Å².